The highest BCUT2D eigenvalue weighted by Gasteiger charge is 2.35. The number of anilines is 4. The SMILES string of the molecule is CN(c1ccccc1-c1ccc(N2C(=O)CC(=O)Nc3c2ccc2ccccc32)cc1)S(=O)(=O)Cc1ccccc1C(F)(F)F. The summed E-state index contributed by atoms with van der Waals surface area (Å²) in [7, 11) is -2.93. The van der Waals surface area contributed by atoms with Crippen LogP contribution in [-0.4, -0.2) is 27.3 Å². The summed E-state index contributed by atoms with van der Waals surface area (Å²) in [6.45, 7) is 0. The van der Waals surface area contributed by atoms with Crippen molar-refractivity contribution in [3.05, 3.63) is 120 Å². The molecule has 0 saturated heterocycles. The summed E-state index contributed by atoms with van der Waals surface area (Å²) >= 11 is 0. The van der Waals surface area contributed by atoms with E-state index in [1.165, 1.54) is 24.1 Å². The highest BCUT2D eigenvalue weighted by atomic mass is 32.2. The number of amides is 2. The lowest BCUT2D eigenvalue weighted by Crippen LogP contribution is -2.29. The van der Waals surface area contributed by atoms with Gasteiger partial charge in [0.1, 0.15) is 6.42 Å². The van der Waals surface area contributed by atoms with E-state index in [4.69, 9.17) is 0 Å². The Bertz CT molecular complexity index is 2060. The average molecular weight is 630 g/mol. The van der Waals surface area contributed by atoms with Crippen LogP contribution in [-0.2, 0) is 31.5 Å². The number of carbonyl (C=O) groups excluding carboxylic acids is 2. The molecule has 45 heavy (non-hydrogen) atoms. The van der Waals surface area contributed by atoms with Crippen LogP contribution in [0.3, 0.4) is 0 Å². The van der Waals surface area contributed by atoms with Gasteiger partial charge in [0.15, 0.2) is 0 Å². The zero-order valence-electron chi connectivity index (χ0n) is 23.9. The number of fused-ring (bicyclic) bond motifs is 3. The molecule has 11 heteroatoms. The van der Waals surface area contributed by atoms with E-state index in [1.54, 1.807) is 54.6 Å². The van der Waals surface area contributed by atoms with Crippen molar-refractivity contribution in [2.75, 3.05) is 21.6 Å². The number of benzene rings is 5. The molecule has 1 aliphatic heterocycles. The summed E-state index contributed by atoms with van der Waals surface area (Å²) in [6, 6.07) is 29.3. The summed E-state index contributed by atoms with van der Waals surface area (Å²) in [4.78, 5) is 27.4. The van der Waals surface area contributed by atoms with Gasteiger partial charge < -0.3 is 5.32 Å². The van der Waals surface area contributed by atoms with Gasteiger partial charge in [0, 0.05) is 23.7 Å². The van der Waals surface area contributed by atoms with Crippen LogP contribution < -0.4 is 14.5 Å². The average Bonchev–Trinajstić information content (AvgIpc) is 3.14. The van der Waals surface area contributed by atoms with Crippen LogP contribution >= 0.6 is 0 Å². The molecule has 5 aromatic rings. The minimum atomic E-state index is -4.70. The number of para-hydroxylation sites is 1. The van der Waals surface area contributed by atoms with Crippen LogP contribution in [0, 0.1) is 0 Å². The van der Waals surface area contributed by atoms with E-state index >= 15 is 0 Å². The number of nitrogens with one attached hydrogen (secondary N) is 1. The van der Waals surface area contributed by atoms with Gasteiger partial charge in [-0.15, -0.1) is 0 Å². The summed E-state index contributed by atoms with van der Waals surface area (Å²) in [5.41, 5.74) is 1.60. The highest BCUT2D eigenvalue weighted by Crippen LogP contribution is 2.41. The molecule has 1 heterocycles. The fourth-order valence-corrected chi connectivity index (χ4v) is 6.84. The molecule has 0 spiro atoms. The lowest BCUT2D eigenvalue weighted by atomic mass is 10.0. The molecular formula is C34H26F3N3O4S. The topological polar surface area (TPSA) is 86.8 Å². The Balaban J connectivity index is 1.35. The van der Waals surface area contributed by atoms with Gasteiger partial charge >= 0.3 is 6.18 Å². The van der Waals surface area contributed by atoms with Gasteiger partial charge in [-0.2, -0.15) is 13.2 Å². The first-order chi connectivity index (χ1) is 21.4. The molecule has 0 aromatic heterocycles. The maximum absolute atomic E-state index is 13.6. The fourth-order valence-electron chi connectivity index (χ4n) is 5.54. The van der Waals surface area contributed by atoms with Crippen molar-refractivity contribution in [1.82, 2.24) is 0 Å². The Hall–Kier alpha value is -5.16. The Morgan fingerprint density at radius 1 is 0.822 bits per heavy atom. The molecule has 0 bridgehead atoms. The summed E-state index contributed by atoms with van der Waals surface area (Å²) in [5, 5.41) is 4.56. The molecule has 5 aromatic carbocycles. The number of halogens is 3. The first-order valence-corrected chi connectivity index (χ1v) is 15.5. The second-order valence-electron chi connectivity index (χ2n) is 10.6. The zero-order valence-corrected chi connectivity index (χ0v) is 24.7. The summed E-state index contributed by atoms with van der Waals surface area (Å²) in [5.74, 6) is -1.68. The normalized spacial score (nSPS) is 13.7. The van der Waals surface area contributed by atoms with Crippen molar-refractivity contribution >= 4 is 55.4 Å². The molecule has 0 aliphatic carbocycles. The third kappa shape index (κ3) is 5.74. The van der Waals surface area contributed by atoms with Crippen LogP contribution in [0.4, 0.5) is 35.9 Å². The third-order valence-corrected chi connectivity index (χ3v) is 9.44. The molecular weight excluding hydrogens is 603 g/mol. The Labute approximate surface area is 257 Å². The Morgan fingerprint density at radius 2 is 1.49 bits per heavy atom. The molecule has 228 valence electrons. The van der Waals surface area contributed by atoms with Gasteiger partial charge in [0.05, 0.1) is 28.4 Å². The number of rotatable bonds is 6. The Kier molecular flexibility index (Phi) is 7.57. The molecule has 2 amide bonds. The molecule has 1 N–H and O–H groups in total. The number of hydrogen-bond acceptors (Lipinski definition) is 4. The van der Waals surface area contributed by atoms with E-state index in [2.05, 4.69) is 5.32 Å². The van der Waals surface area contributed by atoms with Crippen molar-refractivity contribution in [3.63, 3.8) is 0 Å². The monoisotopic (exact) mass is 629 g/mol. The van der Waals surface area contributed by atoms with Crippen LogP contribution in [0.1, 0.15) is 17.5 Å². The zero-order chi connectivity index (χ0) is 31.9. The standard InChI is InChI=1S/C34H26F3N3O4S/c1-39(45(43,44)21-24-9-3-6-12-28(24)34(35,36)37)29-13-7-5-10-26(29)23-14-17-25(18-15-23)40-30-19-16-22-8-2-4-11-27(22)33(30)38-31(41)20-32(40)42/h2-19H,20-21H2,1H3,(H,38,41). The van der Waals surface area contributed by atoms with Gasteiger partial charge in [-0.1, -0.05) is 78.9 Å². The second-order valence-corrected chi connectivity index (χ2v) is 12.6. The van der Waals surface area contributed by atoms with E-state index in [-0.39, 0.29) is 17.7 Å². The molecule has 0 atom stereocenters. The van der Waals surface area contributed by atoms with E-state index in [0.29, 0.717) is 28.2 Å². The van der Waals surface area contributed by atoms with E-state index in [9.17, 15) is 31.2 Å². The highest BCUT2D eigenvalue weighted by molar-refractivity contribution is 7.92. The molecule has 7 nitrogen and oxygen atoms in total. The molecule has 0 unspecified atom stereocenters. The number of nitrogens with zero attached hydrogens (tertiary/aromatic N) is 2. The lowest BCUT2D eigenvalue weighted by Gasteiger charge is -2.25. The Morgan fingerprint density at radius 3 is 2.24 bits per heavy atom. The first-order valence-electron chi connectivity index (χ1n) is 13.9. The smallest absolute Gasteiger partial charge is 0.323 e. The molecule has 6 rings (SSSR count). The van der Waals surface area contributed by atoms with Crippen molar-refractivity contribution in [2.45, 2.75) is 18.3 Å². The van der Waals surface area contributed by atoms with Crippen LogP contribution in [0.2, 0.25) is 0 Å². The second kappa shape index (κ2) is 11.4. The number of sulfonamides is 1. The quantitative estimate of drug-likeness (QED) is 0.197. The van der Waals surface area contributed by atoms with Gasteiger partial charge in [0.2, 0.25) is 21.8 Å². The summed E-state index contributed by atoms with van der Waals surface area (Å²) in [6.07, 6.45) is -5.05. The number of carbonyl (C=O) groups is 2. The van der Waals surface area contributed by atoms with E-state index in [0.717, 1.165) is 27.2 Å². The third-order valence-electron chi connectivity index (χ3n) is 7.73. The van der Waals surface area contributed by atoms with Gasteiger partial charge in [-0.3, -0.25) is 18.8 Å². The minimum absolute atomic E-state index is 0.271. The fraction of sp³-hybridized carbons (Fsp3) is 0.118. The van der Waals surface area contributed by atoms with Crippen LogP contribution in [0.15, 0.2) is 109 Å². The number of hydrogen-bond donors (Lipinski definition) is 1. The van der Waals surface area contributed by atoms with E-state index < -0.39 is 39.3 Å². The van der Waals surface area contributed by atoms with Crippen molar-refractivity contribution in [1.29, 1.82) is 0 Å². The molecule has 0 saturated carbocycles. The molecule has 1 aliphatic rings. The van der Waals surface area contributed by atoms with Crippen LogP contribution in [0.5, 0.6) is 0 Å². The minimum Gasteiger partial charge on any atom is -0.323 e. The van der Waals surface area contributed by atoms with E-state index in [1.807, 2.05) is 30.3 Å². The number of alkyl halides is 3. The van der Waals surface area contributed by atoms with Gasteiger partial charge in [-0.05, 0) is 46.8 Å². The van der Waals surface area contributed by atoms with Crippen molar-refractivity contribution in [2.24, 2.45) is 0 Å². The van der Waals surface area contributed by atoms with Crippen LogP contribution in [0.25, 0.3) is 21.9 Å². The first kappa shape index (κ1) is 29.9. The van der Waals surface area contributed by atoms with Crippen molar-refractivity contribution < 1.29 is 31.2 Å². The molecule has 0 radical (unpaired) electrons. The maximum Gasteiger partial charge on any atom is 0.416 e. The predicted molar refractivity (Wildman–Crippen MR) is 169 cm³/mol. The predicted octanol–water partition coefficient (Wildman–Crippen LogP) is 7.50. The summed E-state index contributed by atoms with van der Waals surface area (Å²) < 4.78 is 68.5. The molecule has 0 fully saturated rings. The van der Waals surface area contributed by atoms with Gasteiger partial charge in [-0.25, -0.2) is 8.42 Å². The largest absolute Gasteiger partial charge is 0.416 e. The van der Waals surface area contributed by atoms with Crippen molar-refractivity contribution in [3.8, 4) is 11.1 Å². The lowest BCUT2D eigenvalue weighted by molar-refractivity contribution is -0.138. The maximum atomic E-state index is 13.6. The van der Waals surface area contributed by atoms with Gasteiger partial charge in [0.25, 0.3) is 0 Å².